The number of unbranched alkanes of at least 4 members (excludes halogenated alkanes) is 3. The Morgan fingerprint density at radius 2 is 1.65 bits per heavy atom. The number of ether oxygens (including phenoxy) is 2. The van der Waals surface area contributed by atoms with Gasteiger partial charge in [-0.05, 0) is 31.5 Å². The molecule has 0 aliphatic carbocycles. The lowest BCUT2D eigenvalue weighted by molar-refractivity contribution is 0.0952. The van der Waals surface area contributed by atoms with Gasteiger partial charge in [0.05, 0.1) is 14.2 Å². The number of carbonyl (C=O) groups is 1. The van der Waals surface area contributed by atoms with Gasteiger partial charge in [-0.1, -0.05) is 12.8 Å². The number of amides is 1. The van der Waals surface area contributed by atoms with Gasteiger partial charge < -0.3 is 20.5 Å². The molecule has 0 bridgehead atoms. The van der Waals surface area contributed by atoms with Crippen molar-refractivity contribution >= 4 is 5.91 Å². The smallest absolute Gasteiger partial charge is 0.251 e. The number of nitrogens with two attached hydrogens (primary N) is 1. The van der Waals surface area contributed by atoms with Crippen molar-refractivity contribution < 1.29 is 14.3 Å². The molecule has 1 aromatic rings. The molecule has 0 atom stereocenters. The summed E-state index contributed by atoms with van der Waals surface area (Å²) in [7, 11) is 3.13. The van der Waals surface area contributed by atoms with Gasteiger partial charge in [0, 0.05) is 18.2 Å². The lowest BCUT2D eigenvalue weighted by Gasteiger charge is -2.09. The Balaban J connectivity index is 2.46. The molecule has 3 N–H and O–H groups in total. The van der Waals surface area contributed by atoms with Crippen LogP contribution in [0.2, 0.25) is 0 Å². The largest absolute Gasteiger partial charge is 0.497 e. The number of hydrogen-bond acceptors (Lipinski definition) is 4. The monoisotopic (exact) mass is 280 g/mol. The van der Waals surface area contributed by atoms with Gasteiger partial charge in [-0.3, -0.25) is 4.79 Å². The van der Waals surface area contributed by atoms with Crippen LogP contribution < -0.4 is 20.5 Å². The van der Waals surface area contributed by atoms with Gasteiger partial charge in [0.2, 0.25) is 0 Å². The molecule has 0 heterocycles. The van der Waals surface area contributed by atoms with Crippen molar-refractivity contribution in [2.45, 2.75) is 25.7 Å². The topological polar surface area (TPSA) is 73.6 Å². The molecule has 112 valence electrons. The van der Waals surface area contributed by atoms with E-state index in [2.05, 4.69) is 5.32 Å². The molecule has 20 heavy (non-hydrogen) atoms. The van der Waals surface area contributed by atoms with Crippen LogP contribution in [0.15, 0.2) is 18.2 Å². The third-order valence-electron chi connectivity index (χ3n) is 3.03. The summed E-state index contributed by atoms with van der Waals surface area (Å²) in [6.07, 6.45) is 4.20. The van der Waals surface area contributed by atoms with E-state index in [-0.39, 0.29) is 5.91 Å². The number of hydrogen-bond donors (Lipinski definition) is 2. The molecule has 1 rings (SSSR count). The molecule has 0 saturated carbocycles. The Hall–Kier alpha value is -1.75. The van der Waals surface area contributed by atoms with E-state index in [1.165, 1.54) is 0 Å². The summed E-state index contributed by atoms with van der Waals surface area (Å²) in [4.78, 5) is 12.0. The summed E-state index contributed by atoms with van der Waals surface area (Å²) in [6.45, 7) is 1.40. The minimum Gasteiger partial charge on any atom is -0.497 e. The summed E-state index contributed by atoms with van der Waals surface area (Å²) >= 11 is 0. The summed E-state index contributed by atoms with van der Waals surface area (Å²) in [6, 6.07) is 5.14. The first kappa shape index (κ1) is 16.3. The van der Waals surface area contributed by atoms with Crippen LogP contribution in [0.4, 0.5) is 0 Å². The van der Waals surface area contributed by atoms with E-state index in [1.54, 1.807) is 32.4 Å². The van der Waals surface area contributed by atoms with Gasteiger partial charge in [-0.15, -0.1) is 0 Å². The molecule has 1 aromatic carbocycles. The van der Waals surface area contributed by atoms with Crippen molar-refractivity contribution in [3.8, 4) is 11.5 Å². The minimum atomic E-state index is -0.110. The number of nitrogens with one attached hydrogen (secondary N) is 1. The molecule has 0 radical (unpaired) electrons. The number of benzene rings is 1. The third-order valence-corrected chi connectivity index (χ3v) is 3.03. The second-order valence-electron chi connectivity index (χ2n) is 4.56. The standard InChI is InChI=1S/C15H24N2O3/c1-19-13-9-12(10-14(11-13)20-2)15(18)17-8-6-4-3-5-7-16/h9-11H,3-8,16H2,1-2H3,(H,17,18). The molecule has 0 aromatic heterocycles. The molecule has 1 amide bonds. The number of methoxy groups -OCH3 is 2. The molecule has 0 aliphatic heterocycles. The van der Waals surface area contributed by atoms with Gasteiger partial charge in [0.25, 0.3) is 5.91 Å². The van der Waals surface area contributed by atoms with Crippen LogP contribution in [-0.2, 0) is 0 Å². The van der Waals surface area contributed by atoms with Crippen molar-refractivity contribution in [1.29, 1.82) is 0 Å². The fourth-order valence-corrected chi connectivity index (χ4v) is 1.87. The summed E-state index contributed by atoms with van der Waals surface area (Å²) in [5, 5.41) is 2.90. The number of carbonyl (C=O) groups excluding carboxylic acids is 1. The van der Waals surface area contributed by atoms with Crippen LogP contribution in [0, 0.1) is 0 Å². The fraction of sp³-hybridized carbons (Fsp3) is 0.533. The highest BCUT2D eigenvalue weighted by Gasteiger charge is 2.09. The van der Waals surface area contributed by atoms with Crippen LogP contribution in [0.3, 0.4) is 0 Å². The van der Waals surface area contributed by atoms with Crippen molar-refractivity contribution in [2.24, 2.45) is 5.73 Å². The van der Waals surface area contributed by atoms with E-state index in [0.29, 0.717) is 23.6 Å². The van der Waals surface area contributed by atoms with Gasteiger partial charge >= 0.3 is 0 Å². The second kappa shape index (κ2) is 9.20. The Labute approximate surface area is 120 Å². The van der Waals surface area contributed by atoms with Crippen LogP contribution in [0.5, 0.6) is 11.5 Å². The molecule has 0 aliphatic rings. The predicted octanol–water partition coefficient (Wildman–Crippen LogP) is 1.95. The van der Waals surface area contributed by atoms with Crippen molar-refractivity contribution in [1.82, 2.24) is 5.32 Å². The Bertz CT molecular complexity index is 399. The fourth-order valence-electron chi connectivity index (χ4n) is 1.87. The van der Waals surface area contributed by atoms with Gasteiger partial charge in [0.1, 0.15) is 11.5 Å². The highest BCUT2D eigenvalue weighted by molar-refractivity contribution is 5.95. The minimum absolute atomic E-state index is 0.110. The molecular formula is C15H24N2O3. The maximum absolute atomic E-state index is 12.0. The van der Waals surface area contributed by atoms with Gasteiger partial charge in [-0.2, -0.15) is 0 Å². The number of rotatable bonds is 9. The molecule has 5 nitrogen and oxygen atoms in total. The lowest BCUT2D eigenvalue weighted by atomic mass is 10.1. The van der Waals surface area contributed by atoms with E-state index in [1.807, 2.05) is 0 Å². The Morgan fingerprint density at radius 3 is 2.20 bits per heavy atom. The normalized spacial score (nSPS) is 10.2. The second-order valence-corrected chi connectivity index (χ2v) is 4.56. The van der Waals surface area contributed by atoms with Gasteiger partial charge in [-0.25, -0.2) is 0 Å². The lowest BCUT2D eigenvalue weighted by Crippen LogP contribution is -2.24. The van der Waals surface area contributed by atoms with E-state index >= 15 is 0 Å². The zero-order valence-electron chi connectivity index (χ0n) is 12.3. The van der Waals surface area contributed by atoms with E-state index in [4.69, 9.17) is 15.2 Å². The molecule has 0 spiro atoms. The first-order valence-electron chi connectivity index (χ1n) is 6.92. The molecule has 0 unspecified atom stereocenters. The zero-order chi connectivity index (χ0) is 14.8. The van der Waals surface area contributed by atoms with Crippen LogP contribution in [0.25, 0.3) is 0 Å². The van der Waals surface area contributed by atoms with Crippen LogP contribution in [0.1, 0.15) is 36.0 Å². The maximum atomic E-state index is 12.0. The van der Waals surface area contributed by atoms with Gasteiger partial charge in [0.15, 0.2) is 0 Å². The molecule has 0 saturated heterocycles. The first-order chi connectivity index (χ1) is 9.71. The Kier molecular flexibility index (Phi) is 7.50. The predicted molar refractivity (Wildman–Crippen MR) is 79.4 cm³/mol. The molecule has 5 heteroatoms. The highest BCUT2D eigenvalue weighted by atomic mass is 16.5. The quantitative estimate of drug-likeness (QED) is 0.678. The SMILES string of the molecule is COc1cc(OC)cc(C(=O)NCCCCCCN)c1. The van der Waals surface area contributed by atoms with E-state index < -0.39 is 0 Å². The Morgan fingerprint density at radius 1 is 1.05 bits per heavy atom. The third kappa shape index (κ3) is 5.48. The summed E-state index contributed by atoms with van der Waals surface area (Å²) < 4.78 is 10.3. The highest BCUT2D eigenvalue weighted by Crippen LogP contribution is 2.22. The summed E-state index contributed by atoms with van der Waals surface area (Å²) in [5.74, 6) is 1.11. The van der Waals surface area contributed by atoms with Crippen molar-refractivity contribution in [3.05, 3.63) is 23.8 Å². The molecular weight excluding hydrogens is 256 g/mol. The van der Waals surface area contributed by atoms with Crippen LogP contribution >= 0.6 is 0 Å². The zero-order valence-corrected chi connectivity index (χ0v) is 12.3. The van der Waals surface area contributed by atoms with Crippen molar-refractivity contribution in [2.75, 3.05) is 27.3 Å². The molecule has 0 fully saturated rings. The van der Waals surface area contributed by atoms with Crippen LogP contribution in [-0.4, -0.2) is 33.2 Å². The first-order valence-corrected chi connectivity index (χ1v) is 6.92. The maximum Gasteiger partial charge on any atom is 0.251 e. The average Bonchev–Trinajstić information content (AvgIpc) is 2.49. The average molecular weight is 280 g/mol. The van der Waals surface area contributed by atoms with E-state index in [0.717, 1.165) is 32.2 Å². The van der Waals surface area contributed by atoms with Crippen molar-refractivity contribution in [3.63, 3.8) is 0 Å². The summed E-state index contributed by atoms with van der Waals surface area (Å²) in [5.41, 5.74) is 5.97. The van der Waals surface area contributed by atoms with E-state index in [9.17, 15) is 4.79 Å².